The number of nitrogens with one attached hydrogen (secondary N) is 1. The number of nitrogens with zero attached hydrogens (tertiary/aromatic N) is 2. The lowest BCUT2D eigenvalue weighted by Gasteiger charge is -2.03. The van der Waals surface area contributed by atoms with Crippen LogP contribution >= 0.6 is 15.9 Å². The van der Waals surface area contributed by atoms with E-state index in [9.17, 15) is 4.79 Å². The van der Waals surface area contributed by atoms with Gasteiger partial charge in [0.15, 0.2) is 0 Å². The average molecular weight is 386 g/mol. The first-order valence-electron chi connectivity index (χ1n) is 7.55. The molecule has 3 rings (SSSR count). The molecule has 0 saturated carbocycles. The van der Waals surface area contributed by atoms with E-state index in [1.54, 1.807) is 0 Å². The zero-order valence-corrected chi connectivity index (χ0v) is 14.7. The molecule has 1 N–H and O–H groups in total. The van der Waals surface area contributed by atoms with Crippen molar-refractivity contribution in [3.8, 4) is 11.4 Å². The predicted octanol–water partition coefficient (Wildman–Crippen LogP) is 4.38. The monoisotopic (exact) mass is 385 g/mol. The van der Waals surface area contributed by atoms with Gasteiger partial charge in [-0.15, -0.1) is 0 Å². The van der Waals surface area contributed by atoms with Crippen molar-refractivity contribution in [3.63, 3.8) is 0 Å². The number of aryl methyl sites for hydroxylation is 2. The number of benzene rings is 2. The number of halogens is 1. The minimum atomic E-state index is -0.0904. The molecule has 1 heterocycles. The number of amides is 1. The van der Waals surface area contributed by atoms with Gasteiger partial charge in [-0.05, 0) is 31.2 Å². The first kappa shape index (κ1) is 16.4. The third-order valence-electron chi connectivity index (χ3n) is 3.47. The molecular formula is C18H16BrN3O2. The number of anilines is 1. The molecule has 3 aromatic rings. The molecule has 6 heteroatoms. The SMILES string of the molecule is Cc1ccc(-c2noc(CCC(=O)Nc3ccc(Br)cc3)n2)cc1. The third kappa shape index (κ3) is 4.29. The summed E-state index contributed by atoms with van der Waals surface area (Å²) < 4.78 is 6.19. The van der Waals surface area contributed by atoms with Gasteiger partial charge in [-0.25, -0.2) is 0 Å². The molecule has 0 atom stereocenters. The van der Waals surface area contributed by atoms with Gasteiger partial charge in [0.1, 0.15) is 0 Å². The maximum atomic E-state index is 12.0. The van der Waals surface area contributed by atoms with E-state index in [2.05, 4.69) is 31.4 Å². The van der Waals surface area contributed by atoms with Crippen LogP contribution in [-0.2, 0) is 11.2 Å². The molecule has 122 valence electrons. The van der Waals surface area contributed by atoms with Crippen molar-refractivity contribution in [2.24, 2.45) is 0 Å². The Morgan fingerprint density at radius 2 is 1.83 bits per heavy atom. The number of hydrogen-bond acceptors (Lipinski definition) is 4. The third-order valence-corrected chi connectivity index (χ3v) is 4.00. The number of carbonyl (C=O) groups is 1. The van der Waals surface area contributed by atoms with Crippen LogP contribution in [0.3, 0.4) is 0 Å². The van der Waals surface area contributed by atoms with Crippen LogP contribution in [-0.4, -0.2) is 16.0 Å². The van der Waals surface area contributed by atoms with E-state index in [1.807, 2.05) is 55.5 Å². The fraction of sp³-hybridized carbons (Fsp3) is 0.167. The maximum Gasteiger partial charge on any atom is 0.227 e. The summed E-state index contributed by atoms with van der Waals surface area (Å²) in [5.41, 5.74) is 2.83. The van der Waals surface area contributed by atoms with Crippen LogP contribution in [0.1, 0.15) is 17.9 Å². The summed E-state index contributed by atoms with van der Waals surface area (Å²) >= 11 is 3.36. The number of rotatable bonds is 5. The molecule has 1 amide bonds. The lowest BCUT2D eigenvalue weighted by Crippen LogP contribution is -2.12. The van der Waals surface area contributed by atoms with Gasteiger partial charge in [0.2, 0.25) is 17.6 Å². The standard InChI is InChI=1S/C18H16BrN3O2/c1-12-2-4-13(5-3-12)18-21-17(24-22-18)11-10-16(23)20-15-8-6-14(19)7-9-15/h2-9H,10-11H2,1H3,(H,20,23). The Balaban J connectivity index is 1.56. The van der Waals surface area contributed by atoms with E-state index in [0.29, 0.717) is 18.1 Å². The smallest absolute Gasteiger partial charge is 0.227 e. The normalized spacial score (nSPS) is 10.6. The molecule has 0 aliphatic carbocycles. The highest BCUT2D eigenvalue weighted by molar-refractivity contribution is 9.10. The summed E-state index contributed by atoms with van der Waals surface area (Å²) in [5, 5.41) is 6.80. The van der Waals surface area contributed by atoms with E-state index in [4.69, 9.17) is 4.52 Å². The molecule has 1 aromatic heterocycles. The molecule has 24 heavy (non-hydrogen) atoms. The van der Waals surface area contributed by atoms with Gasteiger partial charge in [0.05, 0.1) is 0 Å². The van der Waals surface area contributed by atoms with Crippen molar-refractivity contribution < 1.29 is 9.32 Å². The van der Waals surface area contributed by atoms with Gasteiger partial charge >= 0.3 is 0 Å². The Hall–Kier alpha value is -2.47. The van der Waals surface area contributed by atoms with Crippen LogP contribution in [0.15, 0.2) is 57.5 Å². The van der Waals surface area contributed by atoms with Gasteiger partial charge in [0, 0.05) is 28.6 Å². The van der Waals surface area contributed by atoms with E-state index < -0.39 is 0 Å². The molecule has 0 aliphatic heterocycles. The van der Waals surface area contributed by atoms with Gasteiger partial charge < -0.3 is 9.84 Å². The van der Waals surface area contributed by atoms with Crippen molar-refractivity contribution in [1.29, 1.82) is 0 Å². The lowest BCUT2D eigenvalue weighted by molar-refractivity contribution is -0.116. The van der Waals surface area contributed by atoms with Crippen molar-refractivity contribution in [1.82, 2.24) is 10.1 Å². The van der Waals surface area contributed by atoms with Crippen LogP contribution < -0.4 is 5.32 Å². The van der Waals surface area contributed by atoms with E-state index in [1.165, 1.54) is 5.56 Å². The van der Waals surface area contributed by atoms with Crippen LogP contribution in [0.4, 0.5) is 5.69 Å². The topological polar surface area (TPSA) is 68.0 Å². The summed E-state index contributed by atoms with van der Waals surface area (Å²) in [6.45, 7) is 2.02. The predicted molar refractivity (Wildman–Crippen MR) is 95.6 cm³/mol. The number of hydrogen-bond donors (Lipinski definition) is 1. The Kier molecular flexibility index (Phi) is 5.05. The maximum absolute atomic E-state index is 12.0. The van der Waals surface area contributed by atoms with Gasteiger partial charge in [-0.1, -0.05) is 50.9 Å². The molecule has 0 radical (unpaired) electrons. The van der Waals surface area contributed by atoms with Gasteiger partial charge in [-0.3, -0.25) is 4.79 Å². The zero-order valence-electron chi connectivity index (χ0n) is 13.1. The van der Waals surface area contributed by atoms with Crippen molar-refractivity contribution in [2.75, 3.05) is 5.32 Å². The Morgan fingerprint density at radius 1 is 1.12 bits per heavy atom. The Bertz CT molecular complexity index is 826. The van der Waals surface area contributed by atoms with Crippen LogP contribution in [0.25, 0.3) is 11.4 Å². The van der Waals surface area contributed by atoms with E-state index in [-0.39, 0.29) is 12.3 Å². The average Bonchev–Trinajstić information content (AvgIpc) is 3.05. The summed E-state index contributed by atoms with van der Waals surface area (Å²) in [7, 11) is 0. The molecule has 0 aliphatic rings. The molecule has 0 unspecified atom stereocenters. The molecular weight excluding hydrogens is 370 g/mol. The van der Waals surface area contributed by atoms with Gasteiger partial charge in [0.25, 0.3) is 0 Å². The molecule has 2 aromatic carbocycles. The Labute approximate surface area is 148 Å². The highest BCUT2D eigenvalue weighted by atomic mass is 79.9. The van der Waals surface area contributed by atoms with Crippen molar-refractivity contribution >= 4 is 27.5 Å². The minimum absolute atomic E-state index is 0.0904. The first-order valence-corrected chi connectivity index (χ1v) is 8.34. The molecule has 0 saturated heterocycles. The quantitative estimate of drug-likeness (QED) is 0.707. The number of carbonyl (C=O) groups excluding carboxylic acids is 1. The molecule has 0 bridgehead atoms. The summed E-state index contributed by atoms with van der Waals surface area (Å²) in [5.74, 6) is 0.905. The first-order chi connectivity index (χ1) is 11.6. The summed E-state index contributed by atoms with van der Waals surface area (Å²) in [6.07, 6.45) is 0.687. The highest BCUT2D eigenvalue weighted by Crippen LogP contribution is 2.17. The summed E-state index contributed by atoms with van der Waals surface area (Å²) in [6, 6.07) is 15.3. The van der Waals surface area contributed by atoms with E-state index >= 15 is 0 Å². The van der Waals surface area contributed by atoms with Crippen molar-refractivity contribution in [2.45, 2.75) is 19.8 Å². The summed E-state index contributed by atoms with van der Waals surface area (Å²) in [4.78, 5) is 16.3. The zero-order chi connectivity index (χ0) is 16.9. The fourth-order valence-corrected chi connectivity index (χ4v) is 2.42. The van der Waals surface area contributed by atoms with Crippen molar-refractivity contribution in [3.05, 3.63) is 64.5 Å². The van der Waals surface area contributed by atoms with Crippen LogP contribution in [0, 0.1) is 6.92 Å². The minimum Gasteiger partial charge on any atom is -0.339 e. The fourth-order valence-electron chi connectivity index (χ4n) is 2.15. The molecule has 0 spiro atoms. The second-order valence-electron chi connectivity index (χ2n) is 5.43. The largest absolute Gasteiger partial charge is 0.339 e. The molecule has 0 fully saturated rings. The number of aromatic nitrogens is 2. The van der Waals surface area contributed by atoms with Gasteiger partial charge in [-0.2, -0.15) is 4.98 Å². The second kappa shape index (κ2) is 7.40. The van der Waals surface area contributed by atoms with Crippen LogP contribution in [0.5, 0.6) is 0 Å². The highest BCUT2D eigenvalue weighted by Gasteiger charge is 2.11. The second-order valence-corrected chi connectivity index (χ2v) is 6.35. The Morgan fingerprint density at radius 3 is 2.54 bits per heavy atom. The van der Waals surface area contributed by atoms with E-state index in [0.717, 1.165) is 15.7 Å². The lowest BCUT2D eigenvalue weighted by atomic mass is 10.1. The van der Waals surface area contributed by atoms with Crippen LogP contribution in [0.2, 0.25) is 0 Å². The molecule has 5 nitrogen and oxygen atoms in total.